The number of hydrogen-bond acceptors (Lipinski definition) is 5. The molecule has 0 aliphatic carbocycles. The van der Waals surface area contributed by atoms with Crippen LogP contribution in [-0.2, 0) is 10.1 Å². The second-order valence-corrected chi connectivity index (χ2v) is 5.35. The lowest BCUT2D eigenvalue weighted by Crippen LogP contribution is -2.20. The minimum Gasteiger partial charge on any atom is -0.464 e. The molecule has 1 aromatic carbocycles. The Hall–Kier alpha value is -1.41. The maximum Gasteiger partial charge on any atom is 0.422 e. The van der Waals surface area contributed by atoms with E-state index < -0.39 is 16.2 Å². The van der Waals surface area contributed by atoms with Crippen molar-refractivity contribution >= 4 is 33.8 Å². The zero-order valence-corrected chi connectivity index (χ0v) is 10.8. The first-order valence-electron chi connectivity index (χ1n) is 4.40. The summed E-state index contributed by atoms with van der Waals surface area (Å²) in [6.45, 7) is 0. The lowest BCUT2D eigenvalue weighted by molar-refractivity contribution is 0.206. The van der Waals surface area contributed by atoms with Crippen molar-refractivity contribution in [3.05, 3.63) is 24.3 Å². The van der Waals surface area contributed by atoms with Crippen LogP contribution < -0.4 is 8.49 Å². The van der Waals surface area contributed by atoms with Crippen molar-refractivity contribution in [3.63, 3.8) is 0 Å². The second kappa shape index (κ2) is 5.28. The van der Waals surface area contributed by atoms with Gasteiger partial charge in [-0.3, -0.25) is 0 Å². The Morgan fingerprint density at radius 1 is 1.35 bits per heavy atom. The number of carboxylic acid groups (broad SMARTS) is 1. The number of carbonyl (C=O) groups is 1. The summed E-state index contributed by atoms with van der Waals surface area (Å²) in [6.07, 6.45) is 1.45. The average molecular weight is 277 g/mol. The molecule has 94 valence electrons. The molecule has 0 saturated carbocycles. The highest BCUT2D eigenvalue weighted by molar-refractivity contribution is 8.00. The molecule has 0 saturated heterocycles. The molecular weight excluding hydrogens is 266 g/mol. The minimum absolute atomic E-state index is 0.141. The predicted molar refractivity (Wildman–Crippen MR) is 65.9 cm³/mol. The quantitative estimate of drug-likeness (QED) is 0.667. The van der Waals surface area contributed by atoms with E-state index in [1.807, 2.05) is 0 Å². The van der Waals surface area contributed by atoms with Crippen LogP contribution >= 0.6 is 11.9 Å². The molecule has 17 heavy (non-hydrogen) atoms. The zero-order valence-electron chi connectivity index (χ0n) is 9.15. The third-order valence-electron chi connectivity index (χ3n) is 1.68. The zero-order chi connectivity index (χ0) is 13.1. The molecule has 0 fully saturated rings. The van der Waals surface area contributed by atoms with Crippen LogP contribution in [0.4, 0.5) is 10.5 Å². The fourth-order valence-electron chi connectivity index (χ4n) is 1.11. The summed E-state index contributed by atoms with van der Waals surface area (Å²) >= 11 is 1.02. The average Bonchev–Trinajstić information content (AvgIpc) is 2.18. The van der Waals surface area contributed by atoms with Gasteiger partial charge >= 0.3 is 16.2 Å². The van der Waals surface area contributed by atoms with E-state index in [-0.39, 0.29) is 5.75 Å². The van der Waals surface area contributed by atoms with Gasteiger partial charge in [0.15, 0.2) is 0 Å². The summed E-state index contributed by atoms with van der Waals surface area (Å²) in [4.78, 5) is 10.8. The van der Waals surface area contributed by atoms with E-state index in [0.29, 0.717) is 5.69 Å². The molecule has 0 unspecified atom stereocenters. The van der Waals surface area contributed by atoms with Crippen LogP contribution in [0.5, 0.6) is 5.75 Å². The number of rotatable bonds is 4. The second-order valence-electron chi connectivity index (χ2n) is 3.04. The monoisotopic (exact) mass is 277 g/mol. The van der Waals surface area contributed by atoms with Gasteiger partial charge in [0.25, 0.3) is 0 Å². The lowest BCUT2D eigenvalue weighted by atomic mass is 10.3. The normalized spacial score (nSPS) is 10.9. The van der Waals surface area contributed by atoms with Crippen LogP contribution in [0.1, 0.15) is 0 Å². The summed E-state index contributed by atoms with van der Waals surface area (Å²) < 4.78 is 27.4. The Balaban J connectivity index is 2.91. The van der Waals surface area contributed by atoms with E-state index in [4.69, 9.17) is 5.11 Å². The molecule has 6 nitrogen and oxygen atoms in total. The van der Waals surface area contributed by atoms with Gasteiger partial charge in [-0.05, 0) is 36.2 Å². The third-order valence-corrected chi connectivity index (χ3v) is 2.90. The van der Waals surface area contributed by atoms with Crippen LogP contribution in [0.3, 0.4) is 0 Å². The predicted octanol–water partition coefficient (Wildman–Crippen LogP) is 1.79. The Morgan fingerprint density at radius 2 is 1.88 bits per heavy atom. The molecule has 1 rings (SSSR count). The smallest absolute Gasteiger partial charge is 0.422 e. The first kappa shape index (κ1) is 13.7. The number of hydrogen-bond donors (Lipinski definition) is 1. The molecule has 0 bridgehead atoms. The van der Waals surface area contributed by atoms with Gasteiger partial charge in [-0.2, -0.15) is 8.42 Å². The van der Waals surface area contributed by atoms with Gasteiger partial charge in [-0.25, -0.2) is 9.10 Å². The van der Waals surface area contributed by atoms with Crippen LogP contribution in [0.25, 0.3) is 0 Å². The van der Waals surface area contributed by atoms with E-state index in [9.17, 15) is 13.2 Å². The summed E-state index contributed by atoms with van der Waals surface area (Å²) in [7, 11) is -3.57. The third kappa shape index (κ3) is 4.16. The van der Waals surface area contributed by atoms with Gasteiger partial charge in [0.2, 0.25) is 0 Å². The Labute approximate surface area is 103 Å². The van der Waals surface area contributed by atoms with E-state index >= 15 is 0 Å². The SMILES string of the molecule is CSN(C(=O)O)c1ccc(OS(C)(=O)=O)cc1. The van der Waals surface area contributed by atoms with Gasteiger partial charge in [0.1, 0.15) is 5.75 Å². The lowest BCUT2D eigenvalue weighted by Gasteiger charge is -2.15. The highest BCUT2D eigenvalue weighted by atomic mass is 32.2. The van der Waals surface area contributed by atoms with E-state index in [1.54, 1.807) is 6.26 Å². The first-order valence-corrected chi connectivity index (χ1v) is 7.40. The topological polar surface area (TPSA) is 83.9 Å². The maximum absolute atomic E-state index is 10.9. The Morgan fingerprint density at radius 3 is 2.24 bits per heavy atom. The van der Waals surface area contributed by atoms with Gasteiger partial charge in [-0.1, -0.05) is 0 Å². The molecule has 0 spiro atoms. The molecule has 8 heteroatoms. The highest BCUT2D eigenvalue weighted by Gasteiger charge is 2.13. The number of amides is 1. The molecule has 0 heterocycles. The van der Waals surface area contributed by atoms with Crippen molar-refractivity contribution in [1.82, 2.24) is 0 Å². The van der Waals surface area contributed by atoms with Crippen molar-refractivity contribution in [2.24, 2.45) is 0 Å². The van der Waals surface area contributed by atoms with Crippen molar-refractivity contribution in [2.45, 2.75) is 0 Å². The van der Waals surface area contributed by atoms with Crippen LogP contribution in [-0.4, -0.2) is 32.1 Å². The van der Waals surface area contributed by atoms with E-state index in [2.05, 4.69) is 4.18 Å². The molecule has 0 aliphatic heterocycles. The maximum atomic E-state index is 10.9. The van der Waals surface area contributed by atoms with Crippen LogP contribution in [0, 0.1) is 0 Å². The number of benzene rings is 1. The van der Waals surface area contributed by atoms with Crippen molar-refractivity contribution in [3.8, 4) is 5.75 Å². The van der Waals surface area contributed by atoms with Gasteiger partial charge in [-0.15, -0.1) is 0 Å². The molecule has 0 aliphatic rings. The van der Waals surface area contributed by atoms with Crippen LogP contribution in [0.2, 0.25) is 0 Å². The van der Waals surface area contributed by atoms with Gasteiger partial charge < -0.3 is 9.29 Å². The van der Waals surface area contributed by atoms with Crippen LogP contribution in [0.15, 0.2) is 24.3 Å². The first-order chi connectivity index (χ1) is 7.83. The fourth-order valence-corrected chi connectivity index (χ4v) is 2.06. The fraction of sp³-hybridized carbons (Fsp3) is 0.222. The molecule has 0 atom stereocenters. The molecule has 1 N–H and O–H groups in total. The molecule has 0 aromatic heterocycles. The molecule has 1 amide bonds. The van der Waals surface area contributed by atoms with Gasteiger partial charge in [0, 0.05) is 6.26 Å². The number of nitrogens with zero attached hydrogens (tertiary/aromatic N) is 1. The number of anilines is 1. The Bertz CT molecular complexity index is 497. The summed E-state index contributed by atoms with van der Waals surface area (Å²) in [5.74, 6) is 0.141. The minimum atomic E-state index is -3.57. The summed E-state index contributed by atoms with van der Waals surface area (Å²) in [5.41, 5.74) is 0.422. The molecule has 0 radical (unpaired) electrons. The standard InChI is InChI=1S/C9H11NO5S2/c1-16-10(9(11)12)7-3-5-8(6-4-7)15-17(2,13)14/h3-6H,1-2H3,(H,11,12). The van der Waals surface area contributed by atoms with Crippen molar-refractivity contribution in [1.29, 1.82) is 0 Å². The van der Waals surface area contributed by atoms with Gasteiger partial charge in [0.05, 0.1) is 11.9 Å². The Kier molecular flexibility index (Phi) is 4.24. The largest absolute Gasteiger partial charge is 0.464 e. The summed E-state index contributed by atoms with van der Waals surface area (Å²) in [5, 5.41) is 8.86. The van der Waals surface area contributed by atoms with Crippen molar-refractivity contribution in [2.75, 3.05) is 16.8 Å². The highest BCUT2D eigenvalue weighted by Crippen LogP contribution is 2.24. The van der Waals surface area contributed by atoms with E-state index in [1.165, 1.54) is 24.3 Å². The molecule has 1 aromatic rings. The molecular formula is C9H11NO5S2. The van der Waals surface area contributed by atoms with Crippen molar-refractivity contribution < 1.29 is 22.5 Å². The van der Waals surface area contributed by atoms with E-state index in [0.717, 1.165) is 22.5 Å². The summed E-state index contributed by atoms with van der Waals surface area (Å²) in [6, 6.07) is 5.71.